The van der Waals surface area contributed by atoms with Crippen molar-refractivity contribution < 1.29 is 14.3 Å². The normalized spacial score (nSPS) is 10.8. The van der Waals surface area contributed by atoms with E-state index in [0.717, 1.165) is 10.4 Å². The summed E-state index contributed by atoms with van der Waals surface area (Å²) >= 11 is 7.43. The maximum Gasteiger partial charge on any atom is 0.358 e. The van der Waals surface area contributed by atoms with Crippen molar-refractivity contribution in [3.63, 3.8) is 0 Å². The van der Waals surface area contributed by atoms with Gasteiger partial charge in [-0.15, -0.1) is 11.3 Å². The second kappa shape index (κ2) is 5.35. The molecule has 2 aromatic heterocycles. The number of hydrogen-bond acceptors (Lipinski definition) is 4. The predicted octanol–water partition coefficient (Wildman–Crippen LogP) is 4.73. The molecule has 0 amide bonds. The lowest BCUT2D eigenvalue weighted by molar-refractivity contribution is 0.0691. The fourth-order valence-corrected chi connectivity index (χ4v) is 2.81. The van der Waals surface area contributed by atoms with E-state index in [-0.39, 0.29) is 11.5 Å². The molecule has 1 N–H and O–H groups in total. The molecule has 6 heteroatoms. The first-order valence-corrected chi connectivity index (χ1v) is 7.36. The van der Waals surface area contributed by atoms with Crippen LogP contribution in [0.5, 0.6) is 0 Å². The Bertz CT molecular complexity index is 808. The predicted molar refractivity (Wildman–Crippen MR) is 82.0 cm³/mol. The van der Waals surface area contributed by atoms with Crippen LogP contribution in [-0.4, -0.2) is 16.1 Å². The lowest BCUT2D eigenvalue weighted by Crippen LogP contribution is -1.99. The van der Waals surface area contributed by atoms with Gasteiger partial charge in [-0.2, -0.15) is 0 Å². The molecule has 0 aliphatic heterocycles. The van der Waals surface area contributed by atoms with E-state index in [1.807, 2.05) is 30.5 Å². The number of oxazole rings is 1. The van der Waals surface area contributed by atoms with E-state index >= 15 is 0 Å². The monoisotopic (exact) mass is 319 g/mol. The van der Waals surface area contributed by atoms with Crippen LogP contribution >= 0.6 is 22.9 Å². The number of carbonyl (C=O) groups is 1. The number of aromatic carboxylic acids is 1. The number of thiophene rings is 1. The highest BCUT2D eigenvalue weighted by atomic mass is 35.5. The number of aromatic nitrogens is 1. The lowest BCUT2D eigenvalue weighted by atomic mass is 10.1. The molecule has 0 radical (unpaired) electrons. The highest BCUT2D eigenvalue weighted by Gasteiger charge is 2.23. The fourth-order valence-electron chi connectivity index (χ4n) is 1.99. The summed E-state index contributed by atoms with van der Waals surface area (Å²) in [5.41, 5.74) is 1.40. The third kappa shape index (κ3) is 2.57. The summed E-state index contributed by atoms with van der Waals surface area (Å²) in [6, 6.07) is 8.93. The average molecular weight is 320 g/mol. The maximum absolute atomic E-state index is 11.4. The van der Waals surface area contributed by atoms with Gasteiger partial charge in [0.05, 0.1) is 4.88 Å². The van der Waals surface area contributed by atoms with Crippen LogP contribution in [0.2, 0.25) is 5.02 Å². The van der Waals surface area contributed by atoms with Crippen molar-refractivity contribution in [2.24, 2.45) is 0 Å². The van der Waals surface area contributed by atoms with Gasteiger partial charge in [-0.05, 0) is 36.1 Å². The molecule has 0 aliphatic rings. The molecule has 0 saturated heterocycles. The molecule has 0 unspecified atom stereocenters. The highest BCUT2D eigenvalue weighted by molar-refractivity contribution is 7.13. The number of hydrogen-bond donors (Lipinski definition) is 1. The van der Waals surface area contributed by atoms with Crippen LogP contribution in [0.15, 0.2) is 40.1 Å². The van der Waals surface area contributed by atoms with Gasteiger partial charge in [0.15, 0.2) is 11.5 Å². The number of nitrogens with zero attached hydrogens (tertiary/aromatic N) is 1. The molecular weight excluding hydrogens is 310 g/mol. The van der Waals surface area contributed by atoms with Gasteiger partial charge >= 0.3 is 5.97 Å². The first kappa shape index (κ1) is 13.9. The lowest BCUT2D eigenvalue weighted by Gasteiger charge is -2.03. The number of benzene rings is 1. The van der Waals surface area contributed by atoms with E-state index in [9.17, 15) is 9.90 Å². The van der Waals surface area contributed by atoms with Crippen molar-refractivity contribution in [2.75, 3.05) is 0 Å². The topological polar surface area (TPSA) is 63.3 Å². The summed E-state index contributed by atoms with van der Waals surface area (Å²) in [4.78, 5) is 16.3. The fraction of sp³-hybridized carbons (Fsp3) is 0.0667. The van der Waals surface area contributed by atoms with Crippen LogP contribution < -0.4 is 0 Å². The molecule has 21 heavy (non-hydrogen) atoms. The zero-order chi connectivity index (χ0) is 15.0. The molecule has 3 aromatic rings. The van der Waals surface area contributed by atoms with Gasteiger partial charge in [0.2, 0.25) is 5.89 Å². The number of aryl methyl sites for hydroxylation is 1. The van der Waals surface area contributed by atoms with E-state index in [4.69, 9.17) is 16.0 Å². The van der Waals surface area contributed by atoms with Crippen LogP contribution in [0.25, 0.3) is 22.1 Å². The smallest absolute Gasteiger partial charge is 0.358 e. The number of carboxylic acids is 1. The van der Waals surface area contributed by atoms with E-state index in [0.29, 0.717) is 16.5 Å². The quantitative estimate of drug-likeness (QED) is 0.758. The van der Waals surface area contributed by atoms with Gasteiger partial charge < -0.3 is 9.52 Å². The minimum Gasteiger partial charge on any atom is -0.476 e. The Labute approximate surface area is 129 Å². The standard InChI is InChI=1S/C15H10ClNO3S/c1-8-4-5-9(16)7-10(8)13-12(15(18)19)17-14(20-13)11-3-2-6-21-11/h2-7H,1H3,(H,18,19). The zero-order valence-electron chi connectivity index (χ0n) is 11.0. The molecule has 1 aromatic carbocycles. The van der Waals surface area contributed by atoms with Crippen LogP contribution in [0.1, 0.15) is 16.1 Å². The van der Waals surface area contributed by atoms with Gasteiger partial charge in [-0.25, -0.2) is 9.78 Å². The number of carboxylic acid groups (broad SMARTS) is 1. The van der Waals surface area contributed by atoms with Crippen LogP contribution in [0, 0.1) is 6.92 Å². The van der Waals surface area contributed by atoms with Gasteiger partial charge in [-0.3, -0.25) is 0 Å². The summed E-state index contributed by atoms with van der Waals surface area (Å²) in [7, 11) is 0. The Morgan fingerprint density at radius 3 is 2.86 bits per heavy atom. The molecule has 3 rings (SSSR count). The minimum absolute atomic E-state index is 0.108. The first-order chi connectivity index (χ1) is 10.1. The Morgan fingerprint density at radius 1 is 1.38 bits per heavy atom. The Balaban J connectivity index is 2.21. The van der Waals surface area contributed by atoms with E-state index in [1.165, 1.54) is 11.3 Å². The number of halogens is 1. The summed E-state index contributed by atoms with van der Waals surface area (Å²) in [5.74, 6) is -0.599. The van der Waals surface area contributed by atoms with E-state index in [2.05, 4.69) is 4.98 Å². The first-order valence-electron chi connectivity index (χ1n) is 6.11. The van der Waals surface area contributed by atoms with Crippen LogP contribution in [0.4, 0.5) is 0 Å². The van der Waals surface area contributed by atoms with Gasteiger partial charge in [0, 0.05) is 10.6 Å². The molecule has 0 aliphatic carbocycles. The Hall–Kier alpha value is -2.11. The maximum atomic E-state index is 11.4. The summed E-state index contributed by atoms with van der Waals surface area (Å²) in [6.45, 7) is 1.87. The van der Waals surface area contributed by atoms with Crippen molar-refractivity contribution >= 4 is 28.9 Å². The van der Waals surface area contributed by atoms with Crippen molar-refractivity contribution in [3.8, 4) is 22.1 Å². The Morgan fingerprint density at radius 2 is 2.19 bits per heavy atom. The Kier molecular flexibility index (Phi) is 3.53. The molecule has 0 saturated carbocycles. The average Bonchev–Trinajstić information content (AvgIpc) is 3.09. The van der Waals surface area contributed by atoms with Gasteiger partial charge in [-0.1, -0.05) is 23.7 Å². The van der Waals surface area contributed by atoms with E-state index in [1.54, 1.807) is 12.1 Å². The minimum atomic E-state index is -1.13. The molecule has 106 valence electrons. The second-order valence-electron chi connectivity index (χ2n) is 4.44. The largest absolute Gasteiger partial charge is 0.476 e. The molecule has 2 heterocycles. The molecule has 0 atom stereocenters. The van der Waals surface area contributed by atoms with Gasteiger partial charge in [0.1, 0.15) is 0 Å². The molecular formula is C15H10ClNO3S. The van der Waals surface area contributed by atoms with Crippen molar-refractivity contribution in [3.05, 3.63) is 52.0 Å². The van der Waals surface area contributed by atoms with Crippen molar-refractivity contribution in [1.82, 2.24) is 4.98 Å². The van der Waals surface area contributed by atoms with Crippen molar-refractivity contribution in [2.45, 2.75) is 6.92 Å². The van der Waals surface area contributed by atoms with Crippen LogP contribution in [-0.2, 0) is 0 Å². The summed E-state index contributed by atoms with van der Waals surface area (Å²) < 4.78 is 5.70. The third-order valence-corrected chi connectivity index (χ3v) is 4.10. The third-order valence-electron chi connectivity index (χ3n) is 3.01. The summed E-state index contributed by atoms with van der Waals surface area (Å²) in [6.07, 6.45) is 0. The summed E-state index contributed by atoms with van der Waals surface area (Å²) in [5, 5.41) is 11.7. The molecule has 0 fully saturated rings. The SMILES string of the molecule is Cc1ccc(Cl)cc1-c1oc(-c2cccs2)nc1C(=O)O. The number of rotatable bonds is 3. The zero-order valence-corrected chi connectivity index (χ0v) is 12.5. The molecule has 4 nitrogen and oxygen atoms in total. The van der Waals surface area contributed by atoms with Gasteiger partial charge in [0.25, 0.3) is 0 Å². The molecule has 0 spiro atoms. The molecule has 0 bridgehead atoms. The highest BCUT2D eigenvalue weighted by Crippen LogP contribution is 2.34. The van der Waals surface area contributed by atoms with Crippen molar-refractivity contribution in [1.29, 1.82) is 0 Å². The van der Waals surface area contributed by atoms with E-state index < -0.39 is 5.97 Å². The second-order valence-corrected chi connectivity index (χ2v) is 5.82. The van der Waals surface area contributed by atoms with Crippen LogP contribution in [0.3, 0.4) is 0 Å².